The fourth-order valence-corrected chi connectivity index (χ4v) is 1.66. The zero-order valence-electron chi connectivity index (χ0n) is 10.5. The number of hydroxylamine groups is 1. The van der Waals surface area contributed by atoms with Crippen molar-refractivity contribution in [3.63, 3.8) is 0 Å². The Bertz CT molecular complexity index is 369. The fraction of sp³-hybridized carbons (Fsp3) is 0.500. The largest absolute Gasteiger partial charge is 0.493 e. The number of ether oxygens (including phenoxy) is 2. The molecule has 0 radical (unpaired) electrons. The molecule has 17 heavy (non-hydrogen) atoms. The maximum Gasteiger partial charge on any atom is 0.166 e. The van der Waals surface area contributed by atoms with E-state index in [1.165, 1.54) is 0 Å². The molecule has 0 saturated heterocycles. The molecule has 0 aromatic heterocycles. The Labute approximate surface area is 107 Å². The van der Waals surface area contributed by atoms with Crippen molar-refractivity contribution in [1.29, 1.82) is 0 Å². The molecule has 0 bridgehead atoms. The lowest BCUT2D eigenvalue weighted by atomic mass is 10.2. The lowest BCUT2D eigenvalue weighted by Gasteiger charge is -2.18. The van der Waals surface area contributed by atoms with Gasteiger partial charge in [0.25, 0.3) is 0 Å². The van der Waals surface area contributed by atoms with Crippen LogP contribution in [0.3, 0.4) is 0 Å². The van der Waals surface area contributed by atoms with E-state index in [1.54, 1.807) is 20.3 Å². The lowest BCUT2D eigenvalue weighted by molar-refractivity contribution is 0.0854. The summed E-state index contributed by atoms with van der Waals surface area (Å²) in [7, 11) is 3.15. The Morgan fingerprint density at radius 3 is 2.53 bits per heavy atom. The number of rotatable bonds is 6. The number of halogens is 1. The van der Waals surface area contributed by atoms with Gasteiger partial charge in [0, 0.05) is 23.2 Å². The van der Waals surface area contributed by atoms with E-state index in [-0.39, 0.29) is 6.10 Å². The van der Waals surface area contributed by atoms with Crippen LogP contribution in [0.1, 0.15) is 19.4 Å². The minimum atomic E-state index is 0.0615. The summed E-state index contributed by atoms with van der Waals surface area (Å²) < 4.78 is 11.0. The van der Waals surface area contributed by atoms with Crippen LogP contribution in [-0.2, 0) is 11.4 Å². The highest BCUT2D eigenvalue weighted by atomic mass is 35.5. The van der Waals surface area contributed by atoms with Crippen LogP contribution in [-0.4, -0.2) is 20.3 Å². The van der Waals surface area contributed by atoms with Gasteiger partial charge >= 0.3 is 0 Å². The maximum absolute atomic E-state index is 6.01. The number of hydrogen-bond donors (Lipinski definition) is 1. The van der Waals surface area contributed by atoms with E-state index >= 15 is 0 Å². The molecule has 4 nitrogen and oxygen atoms in total. The molecule has 0 saturated carbocycles. The van der Waals surface area contributed by atoms with Crippen LogP contribution >= 0.6 is 11.6 Å². The van der Waals surface area contributed by atoms with Crippen LogP contribution in [0, 0.1) is 0 Å². The highest BCUT2D eigenvalue weighted by Gasteiger charge is 2.14. The average molecular weight is 260 g/mol. The second-order valence-electron chi connectivity index (χ2n) is 3.79. The normalized spacial score (nSPS) is 10.7. The minimum absolute atomic E-state index is 0.0615. The third-order valence-electron chi connectivity index (χ3n) is 2.08. The van der Waals surface area contributed by atoms with Gasteiger partial charge in [-0.2, -0.15) is 5.48 Å². The summed E-state index contributed by atoms with van der Waals surface area (Å²) in [5.74, 6) is 1.32. The van der Waals surface area contributed by atoms with E-state index in [0.29, 0.717) is 23.1 Å². The fourth-order valence-electron chi connectivity index (χ4n) is 1.43. The van der Waals surface area contributed by atoms with Gasteiger partial charge in [-0.3, -0.25) is 0 Å². The van der Waals surface area contributed by atoms with Gasteiger partial charge in [0.1, 0.15) is 0 Å². The lowest BCUT2D eigenvalue weighted by Crippen LogP contribution is -2.14. The van der Waals surface area contributed by atoms with E-state index in [2.05, 4.69) is 5.48 Å². The molecule has 5 heteroatoms. The third-order valence-corrected chi connectivity index (χ3v) is 2.30. The van der Waals surface area contributed by atoms with Crippen LogP contribution in [0.15, 0.2) is 12.1 Å². The van der Waals surface area contributed by atoms with Gasteiger partial charge in [-0.15, -0.1) is 0 Å². The van der Waals surface area contributed by atoms with Gasteiger partial charge in [0.05, 0.1) is 20.3 Å². The predicted molar refractivity (Wildman–Crippen MR) is 67.6 cm³/mol. The van der Waals surface area contributed by atoms with Crippen molar-refractivity contribution >= 4 is 11.6 Å². The van der Waals surface area contributed by atoms with Gasteiger partial charge < -0.3 is 14.3 Å². The highest BCUT2D eigenvalue weighted by Crippen LogP contribution is 2.35. The first-order valence-corrected chi connectivity index (χ1v) is 5.75. The molecule has 0 heterocycles. The summed E-state index contributed by atoms with van der Waals surface area (Å²) in [5, 5.41) is 0.603. The summed E-state index contributed by atoms with van der Waals surface area (Å²) in [5.41, 5.74) is 3.66. The molecule has 1 aromatic carbocycles. The van der Waals surface area contributed by atoms with E-state index in [0.717, 1.165) is 5.56 Å². The molecule has 0 aliphatic carbocycles. The molecule has 1 aromatic rings. The van der Waals surface area contributed by atoms with Gasteiger partial charge in [-0.05, 0) is 19.9 Å². The van der Waals surface area contributed by atoms with Gasteiger partial charge in [0.15, 0.2) is 11.5 Å². The molecule has 0 aliphatic rings. The van der Waals surface area contributed by atoms with Crippen LogP contribution in [0.2, 0.25) is 5.02 Å². The number of nitrogens with one attached hydrogen (secondary N) is 1. The van der Waals surface area contributed by atoms with E-state index in [1.807, 2.05) is 19.9 Å². The summed E-state index contributed by atoms with van der Waals surface area (Å²) in [6.45, 7) is 4.42. The van der Waals surface area contributed by atoms with Crippen molar-refractivity contribution < 1.29 is 14.3 Å². The molecule has 1 N–H and O–H groups in total. The maximum atomic E-state index is 6.01. The molecule has 0 aliphatic heterocycles. The molecule has 0 fully saturated rings. The van der Waals surface area contributed by atoms with Crippen molar-refractivity contribution in [2.75, 3.05) is 14.2 Å². The summed E-state index contributed by atoms with van der Waals surface area (Å²) in [6, 6.07) is 3.56. The van der Waals surface area contributed by atoms with Gasteiger partial charge in [-0.25, -0.2) is 0 Å². The minimum Gasteiger partial charge on any atom is -0.493 e. The van der Waals surface area contributed by atoms with Crippen molar-refractivity contribution in [3.05, 3.63) is 22.7 Å². The Hall–Kier alpha value is -0.970. The summed E-state index contributed by atoms with van der Waals surface area (Å²) in [4.78, 5) is 4.83. The monoisotopic (exact) mass is 259 g/mol. The first-order valence-electron chi connectivity index (χ1n) is 5.37. The molecule has 0 amide bonds. The summed E-state index contributed by atoms with van der Waals surface area (Å²) >= 11 is 6.01. The topological polar surface area (TPSA) is 39.7 Å². The number of benzene rings is 1. The number of hydrogen-bond acceptors (Lipinski definition) is 4. The van der Waals surface area contributed by atoms with Crippen molar-refractivity contribution in [2.24, 2.45) is 0 Å². The van der Waals surface area contributed by atoms with Crippen LogP contribution < -0.4 is 15.0 Å². The molecule has 0 spiro atoms. The van der Waals surface area contributed by atoms with Crippen LogP contribution in [0.25, 0.3) is 0 Å². The Morgan fingerprint density at radius 2 is 2.00 bits per heavy atom. The van der Waals surface area contributed by atoms with Crippen LogP contribution in [0.5, 0.6) is 11.5 Å². The molecular formula is C12H18ClNO3. The van der Waals surface area contributed by atoms with Gasteiger partial charge in [-0.1, -0.05) is 11.6 Å². The average Bonchev–Trinajstić information content (AvgIpc) is 2.28. The number of methoxy groups -OCH3 is 1. The SMILES string of the molecule is CONCc1cc(Cl)cc(OC)c1OC(C)C. The van der Waals surface area contributed by atoms with Crippen molar-refractivity contribution in [3.8, 4) is 11.5 Å². The second kappa shape index (κ2) is 6.69. The summed E-state index contributed by atoms with van der Waals surface area (Å²) in [6.07, 6.45) is 0.0615. The Balaban J connectivity index is 3.08. The predicted octanol–water partition coefficient (Wildman–Crippen LogP) is 2.79. The van der Waals surface area contributed by atoms with E-state index < -0.39 is 0 Å². The molecule has 0 atom stereocenters. The van der Waals surface area contributed by atoms with Crippen molar-refractivity contribution in [1.82, 2.24) is 5.48 Å². The van der Waals surface area contributed by atoms with Crippen LogP contribution in [0.4, 0.5) is 0 Å². The zero-order valence-corrected chi connectivity index (χ0v) is 11.3. The quantitative estimate of drug-likeness (QED) is 0.798. The highest BCUT2D eigenvalue weighted by molar-refractivity contribution is 6.30. The standard InChI is InChI=1S/C12H18ClNO3/c1-8(2)17-12-9(7-14-16-4)5-10(13)6-11(12)15-3/h5-6,8,14H,7H2,1-4H3. The van der Waals surface area contributed by atoms with Gasteiger partial charge in [0.2, 0.25) is 0 Å². The smallest absolute Gasteiger partial charge is 0.166 e. The van der Waals surface area contributed by atoms with Crippen molar-refractivity contribution in [2.45, 2.75) is 26.5 Å². The second-order valence-corrected chi connectivity index (χ2v) is 4.22. The zero-order chi connectivity index (χ0) is 12.8. The third kappa shape index (κ3) is 4.07. The molecular weight excluding hydrogens is 242 g/mol. The molecule has 1 rings (SSSR count). The van der Waals surface area contributed by atoms with E-state index in [9.17, 15) is 0 Å². The molecule has 96 valence electrons. The Morgan fingerprint density at radius 1 is 1.29 bits per heavy atom. The van der Waals surface area contributed by atoms with E-state index in [4.69, 9.17) is 25.9 Å². The first kappa shape index (κ1) is 14.1. The molecule has 0 unspecified atom stereocenters. The Kier molecular flexibility index (Phi) is 5.55. The first-order chi connectivity index (χ1) is 8.08.